The Hall–Kier alpha value is -1.11. The van der Waals surface area contributed by atoms with Crippen LogP contribution in [0.5, 0.6) is 0 Å². The lowest BCUT2D eigenvalue weighted by molar-refractivity contribution is 0.119. The van der Waals surface area contributed by atoms with E-state index in [1.807, 2.05) is 11.3 Å². The van der Waals surface area contributed by atoms with Crippen molar-refractivity contribution < 1.29 is 0 Å². The number of hydrogen-bond acceptors (Lipinski definition) is 4. The molecule has 1 aliphatic carbocycles. The van der Waals surface area contributed by atoms with Gasteiger partial charge in [0.05, 0.1) is 0 Å². The summed E-state index contributed by atoms with van der Waals surface area (Å²) in [6.07, 6.45) is 12.2. The van der Waals surface area contributed by atoms with Crippen molar-refractivity contribution in [2.75, 3.05) is 39.8 Å². The highest BCUT2D eigenvalue weighted by atomic mass is 32.1. The van der Waals surface area contributed by atoms with E-state index in [0.29, 0.717) is 18.0 Å². The van der Waals surface area contributed by atoms with E-state index < -0.39 is 0 Å². The molecule has 2 aliphatic heterocycles. The fourth-order valence-corrected chi connectivity index (χ4v) is 6.92. The van der Waals surface area contributed by atoms with E-state index in [1.54, 1.807) is 0 Å². The van der Waals surface area contributed by atoms with Crippen LogP contribution in [-0.4, -0.2) is 67.6 Å². The zero-order chi connectivity index (χ0) is 21.5. The molecule has 6 heteroatoms. The number of rotatable bonds is 6. The number of hydrogen-bond donors (Lipinski definition) is 2. The van der Waals surface area contributed by atoms with Crippen LogP contribution in [-0.2, 0) is 0 Å². The second-order valence-electron chi connectivity index (χ2n) is 9.81. The average molecular weight is 446 g/mol. The third kappa shape index (κ3) is 6.23. The van der Waals surface area contributed by atoms with Gasteiger partial charge in [-0.15, -0.1) is 11.3 Å². The summed E-state index contributed by atoms with van der Waals surface area (Å²) in [5.74, 6) is 1.62. The van der Waals surface area contributed by atoms with Gasteiger partial charge in [-0.3, -0.25) is 9.89 Å². The van der Waals surface area contributed by atoms with Gasteiger partial charge in [-0.1, -0.05) is 25.3 Å². The van der Waals surface area contributed by atoms with E-state index >= 15 is 0 Å². The van der Waals surface area contributed by atoms with Crippen molar-refractivity contribution in [1.82, 2.24) is 20.4 Å². The van der Waals surface area contributed by atoms with E-state index in [1.165, 1.54) is 82.3 Å². The van der Waals surface area contributed by atoms with Gasteiger partial charge in [0.1, 0.15) is 0 Å². The van der Waals surface area contributed by atoms with E-state index in [9.17, 15) is 0 Å². The molecule has 0 spiro atoms. The van der Waals surface area contributed by atoms with Crippen molar-refractivity contribution in [3.63, 3.8) is 0 Å². The number of guanidine groups is 1. The van der Waals surface area contributed by atoms with E-state index in [0.717, 1.165) is 25.1 Å². The van der Waals surface area contributed by atoms with Gasteiger partial charge in [-0.2, -0.15) is 0 Å². The van der Waals surface area contributed by atoms with Crippen molar-refractivity contribution in [3.05, 3.63) is 22.4 Å². The van der Waals surface area contributed by atoms with E-state index in [2.05, 4.69) is 51.9 Å². The number of nitrogens with one attached hydrogen (secondary N) is 2. The van der Waals surface area contributed by atoms with Gasteiger partial charge in [0.15, 0.2) is 5.96 Å². The molecule has 0 radical (unpaired) electrons. The highest BCUT2D eigenvalue weighted by Crippen LogP contribution is 2.37. The predicted molar refractivity (Wildman–Crippen MR) is 133 cm³/mol. The summed E-state index contributed by atoms with van der Waals surface area (Å²) >= 11 is 1.90. The second-order valence-corrected chi connectivity index (χ2v) is 10.8. The molecular formula is C25H43N5S. The molecule has 31 heavy (non-hydrogen) atoms. The lowest BCUT2D eigenvalue weighted by atomic mass is 9.88. The molecule has 4 rings (SSSR count). The van der Waals surface area contributed by atoms with Crippen molar-refractivity contribution in [1.29, 1.82) is 0 Å². The summed E-state index contributed by atoms with van der Waals surface area (Å²) in [5, 5.41) is 9.51. The molecule has 2 saturated heterocycles. The standard InChI is InChI=1S/C25H43N5S/c1-3-26-25(28-21-13-16-30(17-14-21)22-10-5-4-6-11-22)27-19-20-9-7-15-29(2)24(20)23-12-8-18-31-23/h8,12,18,20-22,24H,3-7,9-11,13-17,19H2,1-2H3,(H2,26,27,28). The highest BCUT2D eigenvalue weighted by molar-refractivity contribution is 7.10. The van der Waals surface area contributed by atoms with Crippen LogP contribution in [0.3, 0.4) is 0 Å². The third-order valence-electron chi connectivity index (χ3n) is 7.63. The van der Waals surface area contributed by atoms with Crippen LogP contribution in [0.4, 0.5) is 0 Å². The monoisotopic (exact) mass is 445 g/mol. The molecule has 2 atom stereocenters. The predicted octanol–water partition coefficient (Wildman–Crippen LogP) is 4.48. The van der Waals surface area contributed by atoms with Crippen molar-refractivity contribution in [2.24, 2.45) is 10.9 Å². The molecule has 1 aromatic heterocycles. The van der Waals surface area contributed by atoms with Gasteiger partial charge in [0.2, 0.25) is 0 Å². The number of aliphatic imine (C=N–C) groups is 1. The zero-order valence-corrected chi connectivity index (χ0v) is 20.5. The number of nitrogens with zero attached hydrogens (tertiary/aromatic N) is 3. The van der Waals surface area contributed by atoms with Crippen molar-refractivity contribution >= 4 is 17.3 Å². The van der Waals surface area contributed by atoms with E-state index in [4.69, 9.17) is 4.99 Å². The average Bonchev–Trinajstić information content (AvgIpc) is 3.33. The summed E-state index contributed by atoms with van der Waals surface area (Å²) in [5.41, 5.74) is 0. The van der Waals surface area contributed by atoms with Crippen LogP contribution >= 0.6 is 11.3 Å². The number of likely N-dealkylation sites (tertiary alicyclic amines) is 2. The maximum absolute atomic E-state index is 5.09. The van der Waals surface area contributed by atoms with Gasteiger partial charge in [0, 0.05) is 49.2 Å². The number of piperidine rings is 2. The fraction of sp³-hybridized carbons (Fsp3) is 0.800. The summed E-state index contributed by atoms with van der Waals surface area (Å²) in [7, 11) is 2.28. The lowest BCUT2D eigenvalue weighted by Crippen LogP contribution is -2.51. The molecule has 1 aromatic rings. The molecule has 3 heterocycles. The summed E-state index contributed by atoms with van der Waals surface area (Å²) in [6.45, 7) is 7.69. The molecule has 2 N–H and O–H groups in total. The Morgan fingerprint density at radius 1 is 1.06 bits per heavy atom. The minimum atomic E-state index is 0.513. The molecular weight excluding hydrogens is 402 g/mol. The highest BCUT2D eigenvalue weighted by Gasteiger charge is 2.31. The van der Waals surface area contributed by atoms with Crippen LogP contribution in [0.1, 0.15) is 75.6 Å². The molecule has 5 nitrogen and oxygen atoms in total. The maximum Gasteiger partial charge on any atom is 0.191 e. The Kier molecular flexibility index (Phi) is 8.68. The Bertz CT molecular complexity index is 661. The minimum absolute atomic E-state index is 0.513. The molecule has 2 unspecified atom stereocenters. The van der Waals surface area contributed by atoms with Gasteiger partial charge >= 0.3 is 0 Å². The topological polar surface area (TPSA) is 42.9 Å². The minimum Gasteiger partial charge on any atom is -0.357 e. The Morgan fingerprint density at radius 3 is 2.58 bits per heavy atom. The van der Waals surface area contributed by atoms with Crippen LogP contribution in [0, 0.1) is 5.92 Å². The zero-order valence-electron chi connectivity index (χ0n) is 19.7. The van der Waals surface area contributed by atoms with Crippen LogP contribution < -0.4 is 10.6 Å². The third-order valence-corrected chi connectivity index (χ3v) is 8.57. The molecule has 0 aromatic carbocycles. The van der Waals surface area contributed by atoms with E-state index in [-0.39, 0.29) is 0 Å². The van der Waals surface area contributed by atoms with Crippen molar-refractivity contribution in [3.8, 4) is 0 Å². The van der Waals surface area contributed by atoms with Crippen LogP contribution in [0.25, 0.3) is 0 Å². The maximum atomic E-state index is 5.09. The smallest absolute Gasteiger partial charge is 0.191 e. The second kappa shape index (κ2) is 11.7. The molecule has 174 valence electrons. The number of thiophene rings is 1. The Labute approximate surface area is 193 Å². The first-order chi connectivity index (χ1) is 15.2. The first-order valence-corrected chi connectivity index (χ1v) is 13.6. The largest absolute Gasteiger partial charge is 0.357 e. The molecule has 3 fully saturated rings. The van der Waals surface area contributed by atoms with Crippen molar-refractivity contribution in [2.45, 2.75) is 82.8 Å². The first-order valence-electron chi connectivity index (χ1n) is 12.8. The lowest BCUT2D eigenvalue weighted by Gasteiger charge is -2.40. The summed E-state index contributed by atoms with van der Waals surface area (Å²) in [4.78, 5) is 11.9. The normalized spacial score (nSPS) is 28.0. The van der Waals surface area contributed by atoms with Crippen LogP contribution in [0.15, 0.2) is 22.5 Å². The quantitative estimate of drug-likeness (QED) is 0.500. The van der Waals surface area contributed by atoms with Gasteiger partial charge in [-0.05, 0) is 76.4 Å². The van der Waals surface area contributed by atoms with Gasteiger partial charge in [0.25, 0.3) is 0 Å². The first kappa shape index (κ1) is 23.1. The Morgan fingerprint density at radius 2 is 1.87 bits per heavy atom. The molecule has 0 bridgehead atoms. The van der Waals surface area contributed by atoms with Gasteiger partial charge < -0.3 is 15.5 Å². The Balaban J connectivity index is 1.32. The molecule has 1 saturated carbocycles. The summed E-state index contributed by atoms with van der Waals surface area (Å²) in [6, 6.07) is 6.42. The molecule has 0 amide bonds. The SMILES string of the molecule is CCNC(=NCC1CCCN(C)C1c1cccs1)NC1CCN(C2CCCCC2)CC1. The summed E-state index contributed by atoms with van der Waals surface area (Å²) < 4.78 is 0. The van der Waals surface area contributed by atoms with Gasteiger partial charge in [-0.25, -0.2) is 0 Å². The molecule has 3 aliphatic rings. The fourth-order valence-electron chi connectivity index (χ4n) is 5.94. The van der Waals surface area contributed by atoms with Crippen LogP contribution in [0.2, 0.25) is 0 Å².